The Hall–Kier alpha value is -0.743. The molecular formula is C8H16O2Si. The molecule has 0 unspecified atom stereocenters. The lowest BCUT2D eigenvalue weighted by Crippen LogP contribution is -2.02. The zero-order valence-corrected chi connectivity index (χ0v) is 8.66. The first kappa shape index (κ1) is 16.7. The molecule has 3 heteroatoms. The van der Waals surface area contributed by atoms with Crippen LogP contribution in [-0.2, 0) is 8.85 Å². The summed E-state index contributed by atoms with van der Waals surface area (Å²) in [6.07, 6.45) is 16.0. The van der Waals surface area contributed by atoms with Gasteiger partial charge in [-0.3, -0.25) is 0 Å². The fourth-order valence-corrected chi connectivity index (χ4v) is 0.677. The van der Waals surface area contributed by atoms with Crippen LogP contribution in [-0.4, -0.2) is 23.2 Å². The van der Waals surface area contributed by atoms with Crippen LogP contribution in [0, 0.1) is 25.7 Å². The highest BCUT2D eigenvalue weighted by Gasteiger charge is 1.79. The molecule has 0 aliphatic heterocycles. The molecule has 64 valence electrons. The summed E-state index contributed by atoms with van der Waals surface area (Å²) in [5.74, 6) is 0. The third-order valence-electron chi connectivity index (χ3n) is 0.575. The molecule has 0 heterocycles. The maximum Gasteiger partial charge on any atom is 0.304 e. The first-order valence-corrected chi connectivity index (χ1v) is 4.39. The molecule has 11 heavy (non-hydrogen) atoms. The standard InChI is InChI=1S/C4H12O2Si.2C2H2/c1-3-5-7-6-4-2;2*1-2/h3-4,7H2,1-2H3;2*1-2H. The zero-order valence-electron chi connectivity index (χ0n) is 7.25. The van der Waals surface area contributed by atoms with Crippen LogP contribution < -0.4 is 0 Å². The van der Waals surface area contributed by atoms with Crippen LogP contribution in [0.2, 0.25) is 0 Å². The molecule has 0 rings (SSSR count). The van der Waals surface area contributed by atoms with Crippen LogP contribution in [0.5, 0.6) is 0 Å². The molecular weight excluding hydrogens is 156 g/mol. The minimum Gasteiger partial charge on any atom is -0.399 e. The van der Waals surface area contributed by atoms with Gasteiger partial charge in [0.1, 0.15) is 0 Å². The normalized spacial score (nSPS) is 6.36. The van der Waals surface area contributed by atoms with Gasteiger partial charge in [0, 0.05) is 13.2 Å². The van der Waals surface area contributed by atoms with Gasteiger partial charge in [0.05, 0.1) is 0 Å². The van der Waals surface area contributed by atoms with E-state index in [4.69, 9.17) is 8.85 Å². The maximum atomic E-state index is 4.99. The van der Waals surface area contributed by atoms with Crippen LogP contribution in [0.25, 0.3) is 0 Å². The quantitative estimate of drug-likeness (QED) is 0.350. The fourth-order valence-electron chi connectivity index (χ4n) is 0.226. The van der Waals surface area contributed by atoms with E-state index in [1.54, 1.807) is 0 Å². The highest BCUT2D eigenvalue weighted by atomic mass is 28.3. The Kier molecular flexibility index (Phi) is 52.8. The summed E-state index contributed by atoms with van der Waals surface area (Å²) in [5, 5.41) is 0. The molecule has 0 spiro atoms. The SMILES string of the molecule is C#C.C#C.CCO[SiH2]OCC. The van der Waals surface area contributed by atoms with E-state index < -0.39 is 10.0 Å². The summed E-state index contributed by atoms with van der Waals surface area (Å²) < 4.78 is 9.98. The van der Waals surface area contributed by atoms with Gasteiger partial charge in [-0.25, -0.2) is 0 Å². The molecule has 0 saturated carbocycles. The highest BCUT2D eigenvalue weighted by molar-refractivity contribution is 6.17. The van der Waals surface area contributed by atoms with Crippen molar-refractivity contribution >= 4 is 10.0 Å². The van der Waals surface area contributed by atoms with E-state index >= 15 is 0 Å². The molecule has 2 nitrogen and oxygen atoms in total. The molecule has 0 bridgehead atoms. The Morgan fingerprint density at radius 3 is 1.36 bits per heavy atom. The number of terminal acetylenes is 2. The van der Waals surface area contributed by atoms with E-state index in [0.29, 0.717) is 0 Å². The van der Waals surface area contributed by atoms with Crippen LogP contribution in [0.4, 0.5) is 0 Å². The first-order chi connectivity index (χ1) is 5.41. The van der Waals surface area contributed by atoms with Crippen molar-refractivity contribution in [2.45, 2.75) is 13.8 Å². The Bertz CT molecular complexity index is 68.7. The summed E-state index contributed by atoms with van der Waals surface area (Å²) in [6.45, 7) is 5.55. The van der Waals surface area contributed by atoms with Crippen molar-refractivity contribution < 1.29 is 8.85 Å². The fraction of sp³-hybridized carbons (Fsp3) is 0.500. The van der Waals surface area contributed by atoms with Gasteiger partial charge >= 0.3 is 10.0 Å². The van der Waals surface area contributed by atoms with Crippen molar-refractivity contribution in [3.05, 3.63) is 0 Å². The lowest BCUT2D eigenvalue weighted by Gasteiger charge is -1.96. The lowest BCUT2D eigenvalue weighted by molar-refractivity contribution is 0.240. The van der Waals surface area contributed by atoms with Crippen molar-refractivity contribution in [1.29, 1.82) is 0 Å². The van der Waals surface area contributed by atoms with Gasteiger partial charge in [0.15, 0.2) is 0 Å². The first-order valence-electron chi connectivity index (χ1n) is 3.24. The van der Waals surface area contributed by atoms with Crippen LogP contribution in [0.1, 0.15) is 13.8 Å². The second-order valence-electron chi connectivity index (χ2n) is 1.10. The molecule has 0 amide bonds. The molecule has 0 aromatic rings. The monoisotopic (exact) mass is 172 g/mol. The average Bonchev–Trinajstić information content (AvgIpc) is 2.13. The third-order valence-corrected chi connectivity index (χ3v) is 1.72. The molecule has 0 fully saturated rings. The van der Waals surface area contributed by atoms with E-state index in [0.717, 1.165) is 13.2 Å². The number of hydrogen-bond donors (Lipinski definition) is 0. The smallest absolute Gasteiger partial charge is 0.304 e. The van der Waals surface area contributed by atoms with Crippen LogP contribution in [0.15, 0.2) is 0 Å². The second-order valence-corrected chi connectivity index (χ2v) is 2.16. The van der Waals surface area contributed by atoms with E-state index in [1.165, 1.54) is 0 Å². The second kappa shape index (κ2) is 34.8. The summed E-state index contributed by atoms with van der Waals surface area (Å²) in [7, 11) is -0.589. The summed E-state index contributed by atoms with van der Waals surface area (Å²) in [4.78, 5) is 0. The van der Waals surface area contributed by atoms with Gasteiger partial charge in [-0.1, -0.05) is 0 Å². The molecule has 0 atom stereocenters. The highest BCUT2D eigenvalue weighted by Crippen LogP contribution is 1.70. The molecule has 0 N–H and O–H groups in total. The minimum absolute atomic E-state index is 0.589. The maximum absolute atomic E-state index is 4.99. The summed E-state index contributed by atoms with van der Waals surface area (Å²) in [6, 6.07) is 0. The topological polar surface area (TPSA) is 18.5 Å². The molecule has 0 saturated heterocycles. The Morgan fingerprint density at radius 1 is 0.909 bits per heavy atom. The van der Waals surface area contributed by atoms with Crippen molar-refractivity contribution in [2.24, 2.45) is 0 Å². The van der Waals surface area contributed by atoms with Gasteiger partial charge in [-0.15, -0.1) is 25.7 Å². The zero-order chi connectivity index (χ0) is 9.54. The van der Waals surface area contributed by atoms with Crippen LogP contribution in [0.3, 0.4) is 0 Å². The predicted octanol–water partition coefficient (Wildman–Crippen LogP) is 0.557. The summed E-state index contributed by atoms with van der Waals surface area (Å²) >= 11 is 0. The third kappa shape index (κ3) is 46.0. The van der Waals surface area contributed by atoms with Crippen molar-refractivity contribution in [2.75, 3.05) is 13.2 Å². The Labute approximate surface area is 72.4 Å². The van der Waals surface area contributed by atoms with E-state index in [1.807, 2.05) is 13.8 Å². The van der Waals surface area contributed by atoms with Gasteiger partial charge in [0.2, 0.25) is 0 Å². The molecule has 0 radical (unpaired) electrons. The van der Waals surface area contributed by atoms with Gasteiger partial charge in [-0.2, -0.15) is 0 Å². The largest absolute Gasteiger partial charge is 0.399 e. The lowest BCUT2D eigenvalue weighted by atomic mass is 10.9. The van der Waals surface area contributed by atoms with E-state index in [-0.39, 0.29) is 0 Å². The predicted molar refractivity (Wildman–Crippen MR) is 51.6 cm³/mol. The summed E-state index contributed by atoms with van der Waals surface area (Å²) in [5.41, 5.74) is 0. The molecule has 0 aliphatic rings. The molecule has 0 aliphatic carbocycles. The average molecular weight is 172 g/mol. The van der Waals surface area contributed by atoms with Gasteiger partial charge < -0.3 is 8.85 Å². The van der Waals surface area contributed by atoms with Gasteiger partial charge in [0.25, 0.3) is 0 Å². The minimum atomic E-state index is -0.589. The van der Waals surface area contributed by atoms with E-state index in [9.17, 15) is 0 Å². The van der Waals surface area contributed by atoms with Crippen molar-refractivity contribution in [1.82, 2.24) is 0 Å². The number of rotatable bonds is 4. The van der Waals surface area contributed by atoms with Crippen molar-refractivity contribution in [3.63, 3.8) is 0 Å². The van der Waals surface area contributed by atoms with E-state index in [2.05, 4.69) is 25.7 Å². The van der Waals surface area contributed by atoms with Crippen LogP contribution >= 0.6 is 0 Å². The number of hydrogen-bond acceptors (Lipinski definition) is 2. The Morgan fingerprint density at radius 2 is 1.18 bits per heavy atom. The van der Waals surface area contributed by atoms with Gasteiger partial charge in [-0.05, 0) is 13.8 Å². The molecule has 0 aromatic carbocycles. The molecule has 0 aromatic heterocycles. The Balaban J connectivity index is -0.000000138. The van der Waals surface area contributed by atoms with Crippen molar-refractivity contribution in [3.8, 4) is 25.7 Å².